The molecule has 0 radical (unpaired) electrons. The van der Waals surface area contributed by atoms with Gasteiger partial charge in [0, 0.05) is 31.5 Å². The molecular formula is C14H18BrIN2O. The number of carbonyl (C=O) groups is 1. The third-order valence-electron chi connectivity index (χ3n) is 3.67. The Morgan fingerprint density at radius 2 is 2.11 bits per heavy atom. The molecule has 1 aliphatic heterocycles. The van der Waals surface area contributed by atoms with Crippen molar-refractivity contribution < 1.29 is 4.79 Å². The first kappa shape index (κ1) is 15.3. The lowest BCUT2D eigenvalue weighted by atomic mass is 10.2. The second-order valence-electron chi connectivity index (χ2n) is 4.96. The van der Waals surface area contributed by atoms with Crippen molar-refractivity contribution >= 4 is 44.4 Å². The number of benzene rings is 1. The van der Waals surface area contributed by atoms with Crippen LogP contribution in [-0.2, 0) is 11.3 Å². The fourth-order valence-corrected chi connectivity index (χ4v) is 3.99. The number of amides is 1. The van der Waals surface area contributed by atoms with Gasteiger partial charge in [-0.15, -0.1) is 0 Å². The number of likely N-dealkylation sites (N-methyl/N-ethyl adjacent to an activating group) is 1. The molecule has 104 valence electrons. The molecule has 1 aliphatic rings. The van der Waals surface area contributed by atoms with E-state index in [0.717, 1.165) is 24.0 Å². The van der Waals surface area contributed by atoms with Gasteiger partial charge in [-0.25, -0.2) is 0 Å². The number of alkyl halides is 1. The molecule has 19 heavy (non-hydrogen) atoms. The summed E-state index contributed by atoms with van der Waals surface area (Å²) in [6, 6.07) is 8.78. The van der Waals surface area contributed by atoms with Gasteiger partial charge in [-0.05, 0) is 24.1 Å². The maximum absolute atomic E-state index is 11.5. The minimum Gasteiger partial charge on any atom is -0.341 e. The molecule has 0 N–H and O–H groups in total. The standard InChI is InChI=1S/C14H18BrIN2O/c1-10(19)17(2)13-7-8-18(14(13)16)9-11-3-5-12(15)6-4-11/h3-6,13-14H,7-9H2,1-2H3. The summed E-state index contributed by atoms with van der Waals surface area (Å²) < 4.78 is 1.49. The van der Waals surface area contributed by atoms with Gasteiger partial charge >= 0.3 is 0 Å². The van der Waals surface area contributed by atoms with Crippen molar-refractivity contribution in [3.63, 3.8) is 0 Å². The first-order valence-electron chi connectivity index (χ1n) is 6.35. The highest BCUT2D eigenvalue weighted by molar-refractivity contribution is 14.1. The summed E-state index contributed by atoms with van der Waals surface area (Å²) in [5.74, 6) is 0.150. The summed E-state index contributed by atoms with van der Waals surface area (Å²) in [6.07, 6.45) is 1.06. The lowest BCUT2D eigenvalue weighted by molar-refractivity contribution is -0.129. The minimum atomic E-state index is 0.150. The summed E-state index contributed by atoms with van der Waals surface area (Å²) in [5, 5.41) is 0. The lowest BCUT2D eigenvalue weighted by Gasteiger charge is -2.29. The maximum atomic E-state index is 11.5. The predicted octanol–water partition coefficient (Wildman–Crippen LogP) is 3.26. The Balaban J connectivity index is 2.00. The zero-order chi connectivity index (χ0) is 14.0. The molecule has 1 aromatic rings. The van der Waals surface area contributed by atoms with Crippen molar-refractivity contribution in [2.75, 3.05) is 13.6 Å². The van der Waals surface area contributed by atoms with Crippen molar-refractivity contribution in [3.05, 3.63) is 34.3 Å². The normalized spacial score (nSPS) is 23.6. The van der Waals surface area contributed by atoms with Crippen LogP contribution in [0.5, 0.6) is 0 Å². The highest BCUT2D eigenvalue weighted by Crippen LogP contribution is 2.29. The van der Waals surface area contributed by atoms with E-state index >= 15 is 0 Å². The first-order chi connectivity index (χ1) is 8.99. The highest BCUT2D eigenvalue weighted by atomic mass is 127. The molecule has 1 aromatic carbocycles. The summed E-state index contributed by atoms with van der Waals surface area (Å²) in [4.78, 5) is 15.8. The van der Waals surface area contributed by atoms with E-state index < -0.39 is 0 Å². The van der Waals surface area contributed by atoms with E-state index in [4.69, 9.17) is 0 Å². The van der Waals surface area contributed by atoms with Crippen molar-refractivity contribution in [2.24, 2.45) is 0 Å². The third-order valence-corrected chi connectivity index (χ3v) is 5.82. The van der Waals surface area contributed by atoms with Crippen LogP contribution in [0.3, 0.4) is 0 Å². The second kappa shape index (κ2) is 6.54. The molecule has 2 atom stereocenters. The van der Waals surface area contributed by atoms with E-state index in [9.17, 15) is 4.79 Å². The van der Waals surface area contributed by atoms with Gasteiger partial charge in [-0.1, -0.05) is 50.7 Å². The van der Waals surface area contributed by atoms with E-state index in [0.29, 0.717) is 10.1 Å². The molecule has 2 rings (SSSR count). The number of carbonyl (C=O) groups excluding carboxylic acids is 1. The zero-order valence-electron chi connectivity index (χ0n) is 11.1. The van der Waals surface area contributed by atoms with E-state index in [1.54, 1.807) is 6.92 Å². The fraction of sp³-hybridized carbons (Fsp3) is 0.500. The average molecular weight is 437 g/mol. The molecule has 0 bridgehead atoms. The van der Waals surface area contributed by atoms with Gasteiger partial charge in [0.2, 0.25) is 5.91 Å². The van der Waals surface area contributed by atoms with Gasteiger partial charge in [-0.3, -0.25) is 9.69 Å². The fourth-order valence-electron chi connectivity index (χ4n) is 2.40. The Labute approximate surface area is 136 Å². The number of halogens is 2. The lowest BCUT2D eigenvalue weighted by Crippen LogP contribution is -2.41. The van der Waals surface area contributed by atoms with E-state index in [1.807, 2.05) is 11.9 Å². The highest BCUT2D eigenvalue weighted by Gasteiger charge is 2.35. The molecule has 3 nitrogen and oxygen atoms in total. The Morgan fingerprint density at radius 3 is 2.68 bits per heavy atom. The van der Waals surface area contributed by atoms with E-state index in [1.165, 1.54) is 5.56 Å². The van der Waals surface area contributed by atoms with E-state index in [-0.39, 0.29) is 5.91 Å². The summed E-state index contributed by atoms with van der Waals surface area (Å²) in [5.41, 5.74) is 1.32. The van der Waals surface area contributed by atoms with Gasteiger partial charge in [0.05, 0.1) is 10.1 Å². The summed E-state index contributed by atoms with van der Waals surface area (Å²) >= 11 is 5.92. The second-order valence-corrected chi connectivity index (χ2v) is 7.15. The smallest absolute Gasteiger partial charge is 0.219 e. The Bertz CT molecular complexity index is 451. The molecular weight excluding hydrogens is 419 g/mol. The third kappa shape index (κ3) is 3.70. The Morgan fingerprint density at radius 1 is 1.47 bits per heavy atom. The molecule has 1 heterocycles. The van der Waals surface area contributed by atoms with Crippen LogP contribution in [0.4, 0.5) is 0 Å². The first-order valence-corrected chi connectivity index (χ1v) is 8.39. The van der Waals surface area contributed by atoms with Gasteiger partial charge < -0.3 is 4.90 Å². The molecule has 1 saturated heterocycles. The van der Waals surface area contributed by atoms with Gasteiger partial charge in [0.1, 0.15) is 0 Å². The molecule has 0 spiro atoms. The van der Waals surface area contributed by atoms with Gasteiger partial charge in [0.25, 0.3) is 0 Å². The Kier molecular flexibility index (Phi) is 5.25. The largest absolute Gasteiger partial charge is 0.341 e. The summed E-state index contributed by atoms with van der Waals surface area (Å²) in [6.45, 7) is 3.63. The SMILES string of the molecule is CC(=O)N(C)C1CCN(Cc2ccc(Br)cc2)C1I. The zero-order valence-corrected chi connectivity index (χ0v) is 14.9. The molecule has 0 aromatic heterocycles. The van der Waals surface area contributed by atoms with Crippen LogP contribution in [0.25, 0.3) is 0 Å². The number of rotatable bonds is 3. The number of hydrogen-bond acceptors (Lipinski definition) is 2. The van der Waals surface area contributed by atoms with E-state index in [2.05, 4.69) is 67.7 Å². The minimum absolute atomic E-state index is 0.150. The number of hydrogen-bond donors (Lipinski definition) is 0. The predicted molar refractivity (Wildman–Crippen MR) is 89.2 cm³/mol. The van der Waals surface area contributed by atoms with Crippen LogP contribution >= 0.6 is 38.5 Å². The van der Waals surface area contributed by atoms with Crippen LogP contribution in [0.1, 0.15) is 18.9 Å². The monoisotopic (exact) mass is 436 g/mol. The quantitative estimate of drug-likeness (QED) is 0.412. The molecule has 0 aliphatic carbocycles. The number of likely N-dealkylation sites (tertiary alicyclic amines) is 1. The van der Waals surface area contributed by atoms with Crippen molar-refractivity contribution in [1.29, 1.82) is 0 Å². The molecule has 5 heteroatoms. The molecule has 2 unspecified atom stereocenters. The van der Waals surface area contributed by atoms with Crippen LogP contribution < -0.4 is 0 Å². The van der Waals surface area contributed by atoms with Crippen molar-refractivity contribution in [3.8, 4) is 0 Å². The molecule has 1 amide bonds. The van der Waals surface area contributed by atoms with Gasteiger partial charge in [-0.2, -0.15) is 0 Å². The van der Waals surface area contributed by atoms with Gasteiger partial charge in [0.15, 0.2) is 0 Å². The van der Waals surface area contributed by atoms with Crippen LogP contribution in [-0.4, -0.2) is 39.4 Å². The summed E-state index contributed by atoms with van der Waals surface area (Å²) in [7, 11) is 1.90. The number of nitrogens with zero attached hydrogens (tertiary/aromatic N) is 2. The van der Waals surface area contributed by atoms with Crippen molar-refractivity contribution in [1.82, 2.24) is 9.80 Å². The maximum Gasteiger partial charge on any atom is 0.219 e. The topological polar surface area (TPSA) is 23.6 Å². The molecule has 1 fully saturated rings. The van der Waals surface area contributed by atoms with Crippen LogP contribution in [0, 0.1) is 0 Å². The Hall–Kier alpha value is -0.140. The van der Waals surface area contributed by atoms with Crippen LogP contribution in [0.2, 0.25) is 0 Å². The average Bonchev–Trinajstić information content (AvgIpc) is 2.73. The van der Waals surface area contributed by atoms with Crippen molar-refractivity contribution in [2.45, 2.75) is 30.0 Å². The molecule has 0 saturated carbocycles. The van der Waals surface area contributed by atoms with Crippen LogP contribution in [0.15, 0.2) is 28.7 Å².